The van der Waals surface area contributed by atoms with E-state index in [-0.39, 0.29) is 6.61 Å². The number of halogens is 2. The molecule has 0 aromatic heterocycles. The molecule has 3 nitrogen and oxygen atoms in total. The van der Waals surface area contributed by atoms with Crippen molar-refractivity contribution in [2.75, 3.05) is 6.61 Å². The molecule has 2 aliphatic carbocycles. The maximum atomic E-state index is 13.4. The highest BCUT2D eigenvalue weighted by Crippen LogP contribution is 2.69. The van der Waals surface area contributed by atoms with Crippen molar-refractivity contribution in [3.63, 3.8) is 0 Å². The number of carbonyl (C=O) groups excluding carboxylic acids is 1. The van der Waals surface area contributed by atoms with Gasteiger partial charge in [-0.05, 0) is 40.0 Å². The Kier molecular flexibility index (Phi) is 2.73. The van der Waals surface area contributed by atoms with E-state index in [4.69, 9.17) is 9.47 Å². The number of rotatable bonds is 3. The predicted octanol–water partition coefficient (Wildman–Crippen LogP) is 2.53. The van der Waals surface area contributed by atoms with Crippen LogP contribution in [0.4, 0.5) is 8.78 Å². The van der Waals surface area contributed by atoms with Gasteiger partial charge in [-0.1, -0.05) is 0 Å². The van der Waals surface area contributed by atoms with Crippen molar-refractivity contribution < 1.29 is 23.0 Å². The van der Waals surface area contributed by atoms with Gasteiger partial charge in [0.15, 0.2) is 0 Å². The summed E-state index contributed by atoms with van der Waals surface area (Å²) in [5.74, 6) is -4.04. The maximum absolute atomic E-state index is 13.4. The smallest absolute Gasteiger partial charge is 0.332 e. The molecule has 5 heteroatoms. The molecule has 0 N–H and O–H groups in total. The minimum absolute atomic E-state index is 0.341. The molecular formula is C12H18F2O3. The number of ether oxygens (including phenoxy) is 2. The zero-order chi connectivity index (χ0) is 12.9. The van der Waals surface area contributed by atoms with Crippen LogP contribution in [0.3, 0.4) is 0 Å². The molecule has 0 aromatic carbocycles. The molecule has 0 amide bonds. The van der Waals surface area contributed by atoms with E-state index in [9.17, 15) is 13.6 Å². The van der Waals surface area contributed by atoms with Crippen LogP contribution in [-0.2, 0) is 14.3 Å². The van der Waals surface area contributed by atoms with Gasteiger partial charge in [-0.15, -0.1) is 0 Å². The van der Waals surface area contributed by atoms with Crippen LogP contribution in [0.25, 0.3) is 0 Å². The summed E-state index contributed by atoms with van der Waals surface area (Å²) in [6.45, 7) is 4.80. The lowest BCUT2D eigenvalue weighted by molar-refractivity contribution is -0.166. The lowest BCUT2D eigenvalue weighted by atomic mass is 10.2. The molecule has 0 radical (unpaired) electrons. The second-order valence-electron chi connectivity index (χ2n) is 5.83. The van der Waals surface area contributed by atoms with E-state index < -0.39 is 29.0 Å². The fourth-order valence-corrected chi connectivity index (χ4v) is 2.66. The number of fused-ring (bicyclic) bond motifs is 1. The third kappa shape index (κ3) is 2.05. The van der Waals surface area contributed by atoms with E-state index in [1.165, 1.54) is 0 Å². The third-order valence-corrected chi connectivity index (χ3v) is 3.39. The van der Waals surface area contributed by atoms with E-state index >= 15 is 0 Å². The molecule has 0 bridgehead atoms. The van der Waals surface area contributed by atoms with Crippen molar-refractivity contribution in [3.05, 3.63) is 0 Å². The van der Waals surface area contributed by atoms with Crippen LogP contribution in [-0.4, -0.2) is 29.7 Å². The quantitative estimate of drug-likeness (QED) is 0.720. The highest BCUT2D eigenvalue weighted by atomic mass is 19.3. The molecular weight excluding hydrogens is 230 g/mol. The Labute approximate surface area is 99.5 Å². The summed E-state index contributed by atoms with van der Waals surface area (Å²) in [6.07, 6.45) is 1.57. The molecule has 2 saturated carbocycles. The summed E-state index contributed by atoms with van der Waals surface area (Å²) < 4.78 is 37.0. The number of esters is 1. The molecule has 17 heavy (non-hydrogen) atoms. The fraction of sp³-hybridized carbons (Fsp3) is 0.917. The first-order chi connectivity index (χ1) is 7.69. The predicted molar refractivity (Wildman–Crippen MR) is 56.8 cm³/mol. The van der Waals surface area contributed by atoms with Crippen LogP contribution >= 0.6 is 0 Å². The van der Waals surface area contributed by atoms with Crippen molar-refractivity contribution in [3.8, 4) is 0 Å². The van der Waals surface area contributed by atoms with E-state index in [1.807, 2.05) is 0 Å². The summed E-state index contributed by atoms with van der Waals surface area (Å²) in [6, 6.07) is 0. The van der Waals surface area contributed by atoms with E-state index in [0.29, 0.717) is 12.8 Å². The molecule has 2 unspecified atom stereocenters. The van der Waals surface area contributed by atoms with Gasteiger partial charge in [0.25, 0.3) is 5.92 Å². The summed E-state index contributed by atoms with van der Waals surface area (Å²) in [5, 5.41) is 0. The lowest BCUT2D eigenvalue weighted by Crippen LogP contribution is -2.30. The van der Waals surface area contributed by atoms with Gasteiger partial charge in [0.2, 0.25) is 0 Å². The van der Waals surface area contributed by atoms with Gasteiger partial charge < -0.3 is 9.47 Å². The average Bonchev–Trinajstić information content (AvgIpc) is 2.54. The van der Waals surface area contributed by atoms with Gasteiger partial charge in [-0.25, -0.2) is 13.6 Å². The highest BCUT2D eigenvalue weighted by Gasteiger charge is 2.83. The van der Waals surface area contributed by atoms with Crippen molar-refractivity contribution in [1.29, 1.82) is 0 Å². The van der Waals surface area contributed by atoms with Crippen LogP contribution < -0.4 is 0 Å². The van der Waals surface area contributed by atoms with Crippen LogP contribution in [0.2, 0.25) is 0 Å². The molecule has 2 atom stereocenters. The van der Waals surface area contributed by atoms with Gasteiger partial charge in [-0.3, -0.25) is 0 Å². The number of carbonyl (C=O) groups is 1. The first-order valence-electron chi connectivity index (χ1n) is 5.93. The second kappa shape index (κ2) is 3.64. The van der Waals surface area contributed by atoms with E-state index in [1.54, 1.807) is 20.8 Å². The van der Waals surface area contributed by atoms with Gasteiger partial charge in [0.05, 0.1) is 5.92 Å². The number of hydrogen-bond donors (Lipinski definition) is 0. The number of alkyl halides is 2. The summed E-state index contributed by atoms with van der Waals surface area (Å²) >= 11 is 0. The van der Waals surface area contributed by atoms with Gasteiger partial charge >= 0.3 is 5.97 Å². The van der Waals surface area contributed by atoms with Gasteiger partial charge in [0, 0.05) is 0 Å². The van der Waals surface area contributed by atoms with Crippen LogP contribution in [0.1, 0.15) is 40.0 Å². The van der Waals surface area contributed by atoms with Crippen molar-refractivity contribution >= 4 is 5.97 Å². The molecule has 98 valence electrons. The van der Waals surface area contributed by atoms with E-state index in [0.717, 1.165) is 6.42 Å². The maximum Gasteiger partial charge on any atom is 0.332 e. The Morgan fingerprint density at radius 1 is 1.41 bits per heavy atom. The standard InChI is InChI=1S/C12H18F2O3/c1-10(2,3)17-9(15)7-16-11-6-4-5-8(11)12(11,13)14/h8H,4-7H2,1-3H3. The zero-order valence-corrected chi connectivity index (χ0v) is 10.4. The highest BCUT2D eigenvalue weighted by molar-refractivity contribution is 5.71. The Morgan fingerprint density at radius 3 is 2.53 bits per heavy atom. The molecule has 2 rings (SSSR count). The molecule has 0 aliphatic heterocycles. The molecule has 0 saturated heterocycles. The average molecular weight is 248 g/mol. The molecule has 0 heterocycles. The van der Waals surface area contributed by atoms with Crippen molar-refractivity contribution in [1.82, 2.24) is 0 Å². The SMILES string of the molecule is CC(C)(C)OC(=O)COC12CCCC1C2(F)F. The minimum Gasteiger partial charge on any atom is -0.458 e. The minimum atomic E-state index is -2.76. The Bertz CT molecular complexity index is 335. The van der Waals surface area contributed by atoms with Crippen LogP contribution in [0.5, 0.6) is 0 Å². The molecule has 0 spiro atoms. The monoisotopic (exact) mass is 248 g/mol. The first-order valence-corrected chi connectivity index (χ1v) is 5.93. The Morgan fingerprint density at radius 2 is 2.06 bits per heavy atom. The second-order valence-corrected chi connectivity index (χ2v) is 5.83. The Balaban J connectivity index is 1.86. The topological polar surface area (TPSA) is 35.5 Å². The summed E-state index contributed by atoms with van der Waals surface area (Å²) in [5.41, 5.74) is -1.98. The van der Waals surface area contributed by atoms with E-state index in [2.05, 4.69) is 0 Å². The molecule has 0 aromatic rings. The summed E-state index contributed by atoms with van der Waals surface area (Å²) in [7, 11) is 0. The first kappa shape index (κ1) is 12.7. The fourth-order valence-electron chi connectivity index (χ4n) is 2.66. The third-order valence-electron chi connectivity index (χ3n) is 3.39. The van der Waals surface area contributed by atoms with Crippen LogP contribution in [0, 0.1) is 5.92 Å². The lowest BCUT2D eigenvalue weighted by Gasteiger charge is -2.21. The van der Waals surface area contributed by atoms with Crippen LogP contribution in [0.15, 0.2) is 0 Å². The normalized spacial score (nSPS) is 34.3. The summed E-state index contributed by atoms with van der Waals surface area (Å²) in [4.78, 5) is 11.4. The zero-order valence-electron chi connectivity index (χ0n) is 10.4. The van der Waals surface area contributed by atoms with Crippen molar-refractivity contribution in [2.24, 2.45) is 5.92 Å². The Hall–Kier alpha value is -0.710. The molecule has 2 aliphatic rings. The molecule has 2 fully saturated rings. The largest absolute Gasteiger partial charge is 0.458 e. The van der Waals surface area contributed by atoms with Gasteiger partial charge in [-0.2, -0.15) is 0 Å². The number of hydrogen-bond acceptors (Lipinski definition) is 3. The van der Waals surface area contributed by atoms with Gasteiger partial charge in [0.1, 0.15) is 17.8 Å². The van der Waals surface area contributed by atoms with Crippen molar-refractivity contribution in [2.45, 2.75) is 57.2 Å².